The second kappa shape index (κ2) is 10.3. The third kappa shape index (κ3) is 4.97. The average molecular weight is 460 g/mol. The number of carbonyl (C=O) groups excluding carboxylic acids is 1. The van der Waals surface area contributed by atoms with Gasteiger partial charge in [0.1, 0.15) is 12.3 Å². The zero-order chi connectivity index (χ0) is 24.2. The maximum Gasteiger partial charge on any atom is 0.339 e. The molecule has 0 atom stereocenters. The molecule has 4 rings (SSSR count). The second-order valence-corrected chi connectivity index (χ2v) is 8.94. The Morgan fingerprint density at radius 2 is 1.94 bits per heavy atom. The fourth-order valence-corrected chi connectivity index (χ4v) is 4.50. The van der Waals surface area contributed by atoms with E-state index in [9.17, 15) is 9.59 Å². The molecule has 0 unspecified atom stereocenters. The molecule has 34 heavy (non-hydrogen) atoms. The zero-order valence-corrected chi connectivity index (χ0v) is 20.6. The maximum absolute atomic E-state index is 13.4. The summed E-state index contributed by atoms with van der Waals surface area (Å²) < 4.78 is 6.93. The van der Waals surface area contributed by atoms with Crippen LogP contribution < -0.4 is 5.56 Å². The van der Waals surface area contributed by atoms with E-state index in [0.29, 0.717) is 36.3 Å². The lowest BCUT2D eigenvalue weighted by Crippen LogP contribution is -2.28. The molecule has 0 spiro atoms. The molecule has 0 radical (unpaired) electrons. The number of ether oxygens (including phenoxy) is 1. The molecule has 1 aliphatic rings. The van der Waals surface area contributed by atoms with Crippen LogP contribution in [0.2, 0.25) is 0 Å². The van der Waals surface area contributed by atoms with E-state index in [4.69, 9.17) is 9.72 Å². The quantitative estimate of drug-likeness (QED) is 0.480. The number of aromatic nitrogens is 2. The third-order valence-corrected chi connectivity index (χ3v) is 6.63. The fraction of sp³-hybridized carbons (Fsp3) is 0.393. The van der Waals surface area contributed by atoms with Gasteiger partial charge in [0.2, 0.25) is 0 Å². The van der Waals surface area contributed by atoms with Crippen LogP contribution in [-0.2, 0) is 11.2 Å². The smallest absolute Gasteiger partial charge is 0.339 e. The Kier molecular flexibility index (Phi) is 7.27. The summed E-state index contributed by atoms with van der Waals surface area (Å²) in [6, 6.07) is 9.81. The Balaban J connectivity index is 1.65. The Morgan fingerprint density at radius 3 is 2.71 bits per heavy atom. The number of likely N-dealkylation sites (N-methyl/N-ethyl adjacent to an activating group) is 1. The standard InChI is InChI=1S/C28H33N3O3/c1-5-30(6-2)14-15-34-28(33)22-12-13-25-29-26-21(17-23-16-19(3)10-11-20(23)4)8-7-9-24(26)27(32)31(25)18-22/h10-13,16-18H,5-9,14-15H2,1-4H3. The van der Waals surface area contributed by atoms with E-state index >= 15 is 0 Å². The van der Waals surface area contributed by atoms with Crippen molar-refractivity contribution in [3.63, 3.8) is 0 Å². The Bertz CT molecular complexity index is 1300. The Morgan fingerprint density at radius 1 is 1.15 bits per heavy atom. The van der Waals surface area contributed by atoms with Crippen LogP contribution in [-0.4, -0.2) is 46.5 Å². The van der Waals surface area contributed by atoms with E-state index in [2.05, 4.69) is 56.9 Å². The van der Waals surface area contributed by atoms with Crippen molar-refractivity contribution in [2.75, 3.05) is 26.2 Å². The van der Waals surface area contributed by atoms with E-state index in [-0.39, 0.29) is 5.56 Å². The van der Waals surface area contributed by atoms with Crippen LogP contribution in [0, 0.1) is 13.8 Å². The monoisotopic (exact) mass is 459 g/mol. The minimum Gasteiger partial charge on any atom is -0.461 e. The lowest BCUT2D eigenvalue weighted by Gasteiger charge is -2.19. The van der Waals surface area contributed by atoms with Crippen molar-refractivity contribution in [1.82, 2.24) is 14.3 Å². The number of hydrogen-bond acceptors (Lipinski definition) is 5. The number of nitrogens with zero attached hydrogens (tertiary/aromatic N) is 3. The molecule has 0 aliphatic heterocycles. The molecule has 0 N–H and O–H groups in total. The summed E-state index contributed by atoms with van der Waals surface area (Å²) in [5.74, 6) is -0.422. The lowest BCUT2D eigenvalue weighted by molar-refractivity contribution is 0.0466. The number of fused-ring (bicyclic) bond motifs is 2. The van der Waals surface area contributed by atoms with E-state index in [1.165, 1.54) is 15.5 Å². The first-order valence-electron chi connectivity index (χ1n) is 12.1. The molecule has 3 aromatic rings. The Labute approximate surface area is 200 Å². The summed E-state index contributed by atoms with van der Waals surface area (Å²) in [7, 11) is 0. The molecule has 0 amide bonds. The van der Waals surface area contributed by atoms with Crippen molar-refractivity contribution in [1.29, 1.82) is 0 Å². The minimum absolute atomic E-state index is 0.107. The minimum atomic E-state index is -0.422. The molecule has 1 aromatic carbocycles. The molecule has 0 saturated carbocycles. The molecule has 0 bridgehead atoms. The second-order valence-electron chi connectivity index (χ2n) is 8.94. The van der Waals surface area contributed by atoms with Gasteiger partial charge in [-0.05, 0) is 81.1 Å². The normalized spacial score (nSPS) is 14.6. The number of esters is 1. The third-order valence-electron chi connectivity index (χ3n) is 6.63. The van der Waals surface area contributed by atoms with Gasteiger partial charge >= 0.3 is 5.97 Å². The summed E-state index contributed by atoms with van der Waals surface area (Å²) in [6.45, 7) is 11.2. The maximum atomic E-state index is 13.4. The van der Waals surface area contributed by atoms with Crippen LogP contribution in [0.5, 0.6) is 0 Å². The van der Waals surface area contributed by atoms with Crippen LogP contribution in [0.25, 0.3) is 17.3 Å². The number of rotatable bonds is 7. The summed E-state index contributed by atoms with van der Waals surface area (Å²) >= 11 is 0. The molecule has 0 saturated heterocycles. The first-order valence-corrected chi connectivity index (χ1v) is 12.1. The molecule has 0 fully saturated rings. The van der Waals surface area contributed by atoms with Gasteiger partial charge in [0.15, 0.2) is 0 Å². The van der Waals surface area contributed by atoms with Crippen molar-refractivity contribution >= 4 is 23.3 Å². The SMILES string of the molecule is CCN(CC)CCOC(=O)c1ccc2nc3c(c(=O)n2c1)CCCC3=Cc1cc(C)ccc1C. The van der Waals surface area contributed by atoms with Crippen LogP contribution in [0.1, 0.15) is 65.0 Å². The van der Waals surface area contributed by atoms with Crippen LogP contribution in [0.4, 0.5) is 0 Å². The number of pyridine rings is 1. The van der Waals surface area contributed by atoms with Gasteiger partial charge in [-0.3, -0.25) is 9.20 Å². The highest BCUT2D eigenvalue weighted by Gasteiger charge is 2.21. The number of hydrogen-bond donors (Lipinski definition) is 0. The molecule has 6 nitrogen and oxygen atoms in total. The molecule has 6 heteroatoms. The number of aryl methyl sites for hydroxylation is 2. The summed E-state index contributed by atoms with van der Waals surface area (Å²) in [5, 5.41) is 0. The topological polar surface area (TPSA) is 63.9 Å². The van der Waals surface area contributed by atoms with Crippen molar-refractivity contribution in [2.24, 2.45) is 0 Å². The van der Waals surface area contributed by atoms with Crippen LogP contribution in [0.15, 0.2) is 41.3 Å². The van der Waals surface area contributed by atoms with E-state index in [1.807, 2.05) is 0 Å². The van der Waals surface area contributed by atoms with Crippen LogP contribution in [0.3, 0.4) is 0 Å². The van der Waals surface area contributed by atoms with Gasteiger partial charge in [-0.15, -0.1) is 0 Å². The van der Waals surface area contributed by atoms with Gasteiger partial charge in [-0.25, -0.2) is 9.78 Å². The number of carbonyl (C=O) groups is 1. The van der Waals surface area contributed by atoms with Gasteiger partial charge in [0, 0.05) is 18.3 Å². The van der Waals surface area contributed by atoms with Gasteiger partial charge in [-0.2, -0.15) is 0 Å². The van der Waals surface area contributed by atoms with E-state index in [1.54, 1.807) is 18.3 Å². The molecule has 2 heterocycles. The first kappa shape index (κ1) is 23.9. The summed E-state index contributed by atoms with van der Waals surface area (Å²) in [6.07, 6.45) is 6.21. The van der Waals surface area contributed by atoms with Crippen LogP contribution >= 0.6 is 0 Å². The number of benzene rings is 1. The predicted molar refractivity (Wildman–Crippen MR) is 136 cm³/mol. The molecular formula is C28H33N3O3. The fourth-order valence-electron chi connectivity index (χ4n) is 4.50. The largest absolute Gasteiger partial charge is 0.461 e. The Hall–Kier alpha value is -3.25. The van der Waals surface area contributed by atoms with Gasteiger partial charge in [-0.1, -0.05) is 37.6 Å². The highest BCUT2D eigenvalue weighted by molar-refractivity contribution is 5.89. The summed E-state index contributed by atoms with van der Waals surface area (Å²) in [5.41, 5.74) is 6.95. The highest BCUT2D eigenvalue weighted by atomic mass is 16.5. The average Bonchev–Trinajstić information content (AvgIpc) is 2.84. The van der Waals surface area contributed by atoms with Gasteiger partial charge in [0.25, 0.3) is 5.56 Å². The van der Waals surface area contributed by atoms with Crippen molar-refractivity contribution in [3.8, 4) is 0 Å². The van der Waals surface area contributed by atoms with Crippen molar-refractivity contribution in [2.45, 2.75) is 47.0 Å². The first-order chi connectivity index (χ1) is 16.4. The highest BCUT2D eigenvalue weighted by Crippen LogP contribution is 2.30. The molecule has 1 aliphatic carbocycles. The molecular weight excluding hydrogens is 426 g/mol. The number of allylic oxidation sites excluding steroid dienone is 1. The van der Waals surface area contributed by atoms with Crippen molar-refractivity contribution < 1.29 is 9.53 Å². The predicted octanol–water partition coefficient (Wildman–Crippen LogP) is 4.69. The lowest BCUT2D eigenvalue weighted by atomic mass is 9.90. The van der Waals surface area contributed by atoms with Gasteiger partial charge in [0.05, 0.1) is 11.3 Å². The zero-order valence-electron chi connectivity index (χ0n) is 20.6. The molecule has 2 aromatic heterocycles. The van der Waals surface area contributed by atoms with E-state index in [0.717, 1.165) is 42.8 Å². The molecule has 178 valence electrons. The van der Waals surface area contributed by atoms with E-state index < -0.39 is 5.97 Å². The summed E-state index contributed by atoms with van der Waals surface area (Å²) in [4.78, 5) is 33.0. The van der Waals surface area contributed by atoms with Gasteiger partial charge < -0.3 is 9.64 Å². The van der Waals surface area contributed by atoms with Crippen molar-refractivity contribution in [3.05, 3.63) is 80.4 Å².